The number of hydrogen-bond donors (Lipinski definition) is 1. The highest BCUT2D eigenvalue weighted by atomic mass is 16.5. The molecule has 0 atom stereocenters. The maximum Gasteiger partial charge on any atom is 0.339 e. The molecule has 26 heavy (non-hydrogen) atoms. The lowest BCUT2D eigenvalue weighted by Crippen LogP contribution is -2.34. The Morgan fingerprint density at radius 3 is 2.65 bits per heavy atom. The molecule has 0 spiro atoms. The molecule has 0 saturated heterocycles. The Bertz CT molecular complexity index is 959. The van der Waals surface area contributed by atoms with Crippen molar-refractivity contribution < 1.29 is 18.7 Å². The number of nitrogens with zero attached hydrogens (tertiary/aromatic N) is 1. The van der Waals surface area contributed by atoms with Crippen molar-refractivity contribution >= 4 is 22.8 Å². The van der Waals surface area contributed by atoms with Crippen molar-refractivity contribution in [2.45, 2.75) is 26.8 Å². The van der Waals surface area contributed by atoms with Crippen molar-refractivity contribution in [3.8, 4) is 11.5 Å². The molecule has 6 nitrogen and oxygen atoms in total. The summed E-state index contributed by atoms with van der Waals surface area (Å²) in [6.07, 6.45) is 0. The number of carbonyl (C=O) groups is 2. The van der Waals surface area contributed by atoms with Crippen molar-refractivity contribution in [2.24, 2.45) is 0 Å². The van der Waals surface area contributed by atoms with Crippen LogP contribution in [0.5, 0.6) is 0 Å². The van der Waals surface area contributed by atoms with E-state index in [1.165, 1.54) is 0 Å². The normalized spacial score (nSPS) is 10.9. The van der Waals surface area contributed by atoms with Crippen molar-refractivity contribution in [3.63, 3.8) is 0 Å². The van der Waals surface area contributed by atoms with Gasteiger partial charge >= 0.3 is 5.97 Å². The highest BCUT2D eigenvalue weighted by Gasteiger charge is 2.17. The van der Waals surface area contributed by atoms with Crippen molar-refractivity contribution in [3.05, 3.63) is 53.8 Å². The lowest BCUT2D eigenvalue weighted by atomic mass is 10.1. The monoisotopic (exact) mass is 352 g/mol. The smallest absolute Gasteiger partial charge is 0.339 e. The summed E-state index contributed by atoms with van der Waals surface area (Å²) in [7, 11) is 0. The Hall–Kier alpha value is -3.15. The van der Waals surface area contributed by atoms with Crippen LogP contribution in [0.2, 0.25) is 0 Å². The molecule has 0 aliphatic carbocycles. The molecule has 0 aliphatic rings. The van der Waals surface area contributed by atoms with E-state index in [4.69, 9.17) is 9.15 Å². The quantitative estimate of drug-likeness (QED) is 0.711. The molecular weight excluding hydrogens is 332 g/mol. The number of esters is 1. The van der Waals surface area contributed by atoms with Gasteiger partial charge in [0.25, 0.3) is 5.91 Å². The minimum atomic E-state index is -0.577. The van der Waals surface area contributed by atoms with Crippen LogP contribution in [0.15, 0.2) is 46.9 Å². The topological polar surface area (TPSA) is 81.4 Å². The van der Waals surface area contributed by atoms with E-state index in [0.717, 1.165) is 5.76 Å². The molecule has 0 fully saturated rings. The van der Waals surface area contributed by atoms with Crippen LogP contribution in [0.1, 0.15) is 30.0 Å². The zero-order valence-electron chi connectivity index (χ0n) is 14.9. The van der Waals surface area contributed by atoms with Crippen LogP contribution in [-0.2, 0) is 9.53 Å². The van der Waals surface area contributed by atoms with Crippen LogP contribution >= 0.6 is 0 Å². The van der Waals surface area contributed by atoms with E-state index in [0.29, 0.717) is 27.9 Å². The Balaban J connectivity index is 1.93. The van der Waals surface area contributed by atoms with E-state index in [1.807, 2.05) is 45.0 Å². The van der Waals surface area contributed by atoms with E-state index < -0.39 is 5.97 Å². The number of rotatable bonds is 5. The lowest BCUT2D eigenvalue weighted by Gasteiger charge is -2.11. The third kappa shape index (κ3) is 3.91. The van der Waals surface area contributed by atoms with Gasteiger partial charge in [-0.3, -0.25) is 4.79 Å². The van der Waals surface area contributed by atoms with Crippen LogP contribution < -0.4 is 5.32 Å². The molecule has 1 N–H and O–H groups in total. The molecule has 6 heteroatoms. The van der Waals surface area contributed by atoms with Gasteiger partial charge in [0.05, 0.1) is 11.1 Å². The standard InChI is InChI=1S/C20H20N2O4/c1-12(2)21-19(23)11-25-20(24)15-10-17(18-9-8-13(3)26-18)22-16-7-5-4-6-14(15)16/h4-10,12H,11H2,1-3H3,(H,21,23). The SMILES string of the molecule is Cc1ccc(-c2cc(C(=O)OCC(=O)NC(C)C)c3ccccc3n2)o1. The number of nitrogens with one attached hydrogen (secondary N) is 1. The number of hydrogen-bond acceptors (Lipinski definition) is 5. The predicted molar refractivity (Wildman–Crippen MR) is 97.7 cm³/mol. The van der Waals surface area contributed by atoms with Crippen LogP contribution in [0.3, 0.4) is 0 Å². The summed E-state index contributed by atoms with van der Waals surface area (Å²) in [5.41, 5.74) is 1.53. The summed E-state index contributed by atoms with van der Waals surface area (Å²) in [6, 6.07) is 12.5. The highest BCUT2D eigenvalue weighted by Crippen LogP contribution is 2.26. The fourth-order valence-corrected chi connectivity index (χ4v) is 2.62. The number of benzene rings is 1. The van der Waals surface area contributed by atoms with Gasteiger partial charge in [-0.15, -0.1) is 0 Å². The van der Waals surface area contributed by atoms with Gasteiger partial charge < -0.3 is 14.5 Å². The third-order valence-electron chi connectivity index (χ3n) is 3.71. The molecule has 1 amide bonds. The molecule has 0 aliphatic heterocycles. The van der Waals surface area contributed by atoms with Crippen LogP contribution in [0.25, 0.3) is 22.4 Å². The molecule has 2 heterocycles. The number of ether oxygens (including phenoxy) is 1. The maximum atomic E-state index is 12.6. The fourth-order valence-electron chi connectivity index (χ4n) is 2.62. The first-order chi connectivity index (χ1) is 12.4. The molecule has 3 aromatic rings. The average molecular weight is 352 g/mol. The summed E-state index contributed by atoms with van der Waals surface area (Å²) in [4.78, 5) is 28.9. The largest absolute Gasteiger partial charge is 0.460 e. The number of para-hydroxylation sites is 1. The summed E-state index contributed by atoms with van der Waals surface area (Å²) in [5, 5.41) is 3.34. The second-order valence-corrected chi connectivity index (χ2v) is 6.28. The van der Waals surface area contributed by atoms with Crippen LogP contribution in [0, 0.1) is 6.92 Å². The van der Waals surface area contributed by atoms with E-state index in [9.17, 15) is 9.59 Å². The molecule has 2 aromatic heterocycles. The number of fused-ring (bicyclic) bond motifs is 1. The van der Waals surface area contributed by atoms with E-state index in [-0.39, 0.29) is 18.6 Å². The van der Waals surface area contributed by atoms with E-state index in [1.54, 1.807) is 18.2 Å². The summed E-state index contributed by atoms with van der Waals surface area (Å²) < 4.78 is 10.8. The summed E-state index contributed by atoms with van der Waals surface area (Å²) >= 11 is 0. The summed E-state index contributed by atoms with van der Waals surface area (Å²) in [6.45, 7) is 5.19. The Kier molecular flexibility index (Phi) is 5.02. The predicted octanol–water partition coefficient (Wildman–Crippen LogP) is 3.48. The second kappa shape index (κ2) is 7.39. The van der Waals surface area contributed by atoms with Gasteiger partial charge in [-0.1, -0.05) is 18.2 Å². The molecular formula is C20H20N2O4. The van der Waals surface area contributed by atoms with Crippen molar-refractivity contribution in [1.82, 2.24) is 10.3 Å². The van der Waals surface area contributed by atoms with Crippen LogP contribution in [-0.4, -0.2) is 29.5 Å². The van der Waals surface area contributed by atoms with Gasteiger partial charge in [0, 0.05) is 11.4 Å². The first kappa shape index (κ1) is 17.7. The maximum absolute atomic E-state index is 12.6. The molecule has 3 rings (SSSR count). The Morgan fingerprint density at radius 1 is 1.19 bits per heavy atom. The number of pyridine rings is 1. The Labute approximate surface area is 151 Å². The van der Waals surface area contributed by atoms with E-state index in [2.05, 4.69) is 10.3 Å². The second-order valence-electron chi connectivity index (χ2n) is 6.28. The van der Waals surface area contributed by atoms with Gasteiger partial charge in [-0.2, -0.15) is 0 Å². The van der Waals surface area contributed by atoms with Crippen LogP contribution in [0.4, 0.5) is 0 Å². The number of aromatic nitrogens is 1. The number of amides is 1. The summed E-state index contributed by atoms with van der Waals surface area (Å²) in [5.74, 6) is 0.407. The molecule has 0 bridgehead atoms. The number of aryl methyl sites for hydroxylation is 1. The zero-order chi connectivity index (χ0) is 18.7. The van der Waals surface area contributed by atoms with Gasteiger partial charge in [-0.25, -0.2) is 9.78 Å². The average Bonchev–Trinajstić information content (AvgIpc) is 3.04. The fraction of sp³-hybridized carbons (Fsp3) is 0.250. The Morgan fingerprint density at radius 2 is 1.96 bits per heavy atom. The number of carbonyl (C=O) groups excluding carboxylic acids is 2. The van der Waals surface area contributed by atoms with Gasteiger partial charge in [0.2, 0.25) is 0 Å². The number of furan rings is 1. The van der Waals surface area contributed by atoms with Gasteiger partial charge in [0.1, 0.15) is 11.5 Å². The molecule has 1 aromatic carbocycles. The minimum absolute atomic E-state index is 0.0169. The van der Waals surface area contributed by atoms with Gasteiger partial charge in [0.15, 0.2) is 12.4 Å². The first-order valence-electron chi connectivity index (χ1n) is 8.37. The minimum Gasteiger partial charge on any atom is -0.460 e. The first-order valence-corrected chi connectivity index (χ1v) is 8.37. The van der Waals surface area contributed by atoms with Crippen molar-refractivity contribution in [2.75, 3.05) is 6.61 Å². The molecule has 134 valence electrons. The molecule has 0 unspecified atom stereocenters. The third-order valence-corrected chi connectivity index (χ3v) is 3.71. The van der Waals surface area contributed by atoms with E-state index >= 15 is 0 Å². The van der Waals surface area contributed by atoms with Gasteiger partial charge in [-0.05, 0) is 45.0 Å². The molecule has 0 saturated carbocycles. The zero-order valence-corrected chi connectivity index (χ0v) is 14.9. The van der Waals surface area contributed by atoms with Crippen molar-refractivity contribution in [1.29, 1.82) is 0 Å². The lowest BCUT2D eigenvalue weighted by molar-refractivity contribution is -0.124. The highest BCUT2D eigenvalue weighted by molar-refractivity contribution is 6.05. The molecule has 0 radical (unpaired) electrons.